The van der Waals surface area contributed by atoms with E-state index < -0.39 is 0 Å². The molecule has 0 bridgehead atoms. The van der Waals surface area contributed by atoms with Gasteiger partial charge in [-0.05, 0) is 50.8 Å². The van der Waals surface area contributed by atoms with Crippen molar-refractivity contribution in [2.75, 3.05) is 32.8 Å². The summed E-state index contributed by atoms with van der Waals surface area (Å²) in [6, 6.07) is 11.1. The molecule has 0 radical (unpaired) electrons. The lowest BCUT2D eigenvalue weighted by Gasteiger charge is -2.39. The smallest absolute Gasteiger partial charge is 0.0588 e. The van der Waals surface area contributed by atoms with E-state index in [1.165, 1.54) is 24.8 Å². The second-order valence-corrected chi connectivity index (χ2v) is 6.65. The standard InChI is InChI=1S/C18H28N2O/c1-15-16(7-12-21-15)13-20-14-18(8-10-19-11-9-18)17-5-3-2-4-6-17/h2-6,15-16,19-20H,7-14H2,1H3. The minimum absolute atomic E-state index is 0.301. The van der Waals surface area contributed by atoms with Gasteiger partial charge in [0.05, 0.1) is 6.10 Å². The number of hydrogen-bond donors (Lipinski definition) is 2. The summed E-state index contributed by atoms with van der Waals surface area (Å²) in [6.45, 7) is 7.56. The fourth-order valence-corrected chi connectivity index (χ4v) is 3.81. The van der Waals surface area contributed by atoms with E-state index in [0.29, 0.717) is 17.4 Å². The van der Waals surface area contributed by atoms with Gasteiger partial charge in [0.2, 0.25) is 0 Å². The molecule has 2 aliphatic heterocycles. The Balaban J connectivity index is 1.63. The summed E-state index contributed by atoms with van der Waals surface area (Å²) < 4.78 is 5.67. The Morgan fingerprint density at radius 1 is 1.24 bits per heavy atom. The van der Waals surface area contributed by atoms with Gasteiger partial charge < -0.3 is 15.4 Å². The summed E-state index contributed by atoms with van der Waals surface area (Å²) in [6.07, 6.45) is 4.06. The van der Waals surface area contributed by atoms with Gasteiger partial charge in [0.15, 0.2) is 0 Å². The van der Waals surface area contributed by atoms with Crippen molar-refractivity contribution in [1.82, 2.24) is 10.6 Å². The molecule has 3 heteroatoms. The predicted molar refractivity (Wildman–Crippen MR) is 86.6 cm³/mol. The monoisotopic (exact) mass is 288 g/mol. The fraction of sp³-hybridized carbons (Fsp3) is 0.667. The maximum absolute atomic E-state index is 5.67. The van der Waals surface area contributed by atoms with Gasteiger partial charge >= 0.3 is 0 Å². The van der Waals surface area contributed by atoms with E-state index in [-0.39, 0.29) is 0 Å². The molecule has 3 nitrogen and oxygen atoms in total. The van der Waals surface area contributed by atoms with Crippen LogP contribution in [0.5, 0.6) is 0 Å². The third-order valence-corrected chi connectivity index (χ3v) is 5.35. The minimum Gasteiger partial charge on any atom is -0.378 e. The Bertz CT molecular complexity index is 428. The second kappa shape index (κ2) is 6.91. The summed E-state index contributed by atoms with van der Waals surface area (Å²) in [4.78, 5) is 0. The zero-order valence-corrected chi connectivity index (χ0v) is 13.1. The number of piperidine rings is 1. The van der Waals surface area contributed by atoms with Crippen LogP contribution in [-0.4, -0.2) is 38.9 Å². The first-order chi connectivity index (χ1) is 10.3. The highest BCUT2D eigenvalue weighted by molar-refractivity contribution is 5.27. The van der Waals surface area contributed by atoms with Gasteiger partial charge in [-0.2, -0.15) is 0 Å². The van der Waals surface area contributed by atoms with Crippen LogP contribution in [0.1, 0.15) is 31.7 Å². The van der Waals surface area contributed by atoms with E-state index in [1.807, 2.05) is 0 Å². The van der Waals surface area contributed by atoms with Crippen molar-refractivity contribution >= 4 is 0 Å². The average molecular weight is 288 g/mol. The van der Waals surface area contributed by atoms with Gasteiger partial charge in [-0.3, -0.25) is 0 Å². The molecular formula is C18H28N2O. The first-order valence-electron chi connectivity index (χ1n) is 8.39. The second-order valence-electron chi connectivity index (χ2n) is 6.65. The van der Waals surface area contributed by atoms with E-state index in [1.54, 1.807) is 0 Å². The van der Waals surface area contributed by atoms with E-state index >= 15 is 0 Å². The quantitative estimate of drug-likeness (QED) is 0.872. The third-order valence-electron chi connectivity index (χ3n) is 5.35. The van der Waals surface area contributed by atoms with E-state index in [0.717, 1.165) is 32.8 Å². The third kappa shape index (κ3) is 3.47. The molecule has 0 spiro atoms. The normalized spacial score (nSPS) is 28.6. The lowest BCUT2D eigenvalue weighted by Crippen LogP contribution is -2.47. The van der Waals surface area contributed by atoms with Gasteiger partial charge in [-0.1, -0.05) is 30.3 Å². The highest BCUT2D eigenvalue weighted by atomic mass is 16.5. The Morgan fingerprint density at radius 3 is 2.67 bits per heavy atom. The van der Waals surface area contributed by atoms with Crippen molar-refractivity contribution < 1.29 is 4.74 Å². The van der Waals surface area contributed by atoms with Crippen molar-refractivity contribution in [2.45, 2.75) is 37.7 Å². The fourth-order valence-electron chi connectivity index (χ4n) is 3.81. The first kappa shape index (κ1) is 15.0. The topological polar surface area (TPSA) is 33.3 Å². The van der Waals surface area contributed by atoms with Crippen LogP contribution in [0.2, 0.25) is 0 Å². The van der Waals surface area contributed by atoms with Crippen molar-refractivity contribution in [3.63, 3.8) is 0 Å². The van der Waals surface area contributed by atoms with Crippen molar-refractivity contribution in [3.05, 3.63) is 35.9 Å². The lowest BCUT2D eigenvalue weighted by atomic mass is 9.73. The maximum atomic E-state index is 5.67. The maximum Gasteiger partial charge on any atom is 0.0588 e. The zero-order valence-electron chi connectivity index (χ0n) is 13.1. The summed E-state index contributed by atoms with van der Waals surface area (Å²) in [5.74, 6) is 0.680. The van der Waals surface area contributed by atoms with E-state index in [4.69, 9.17) is 4.74 Å². The van der Waals surface area contributed by atoms with Gasteiger partial charge in [0.25, 0.3) is 0 Å². The molecule has 2 N–H and O–H groups in total. The van der Waals surface area contributed by atoms with Gasteiger partial charge in [-0.15, -0.1) is 0 Å². The zero-order chi connectivity index (χ0) is 14.5. The molecular weight excluding hydrogens is 260 g/mol. The van der Waals surface area contributed by atoms with Crippen LogP contribution in [0.3, 0.4) is 0 Å². The molecule has 0 aromatic heterocycles. The first-order valence-corrected chi connectivity index (χ1v) is 8.39. The Labute approximate surface area is 128 Å². The Kier molecular flexibility index (Phi) is 4.94. The Hall–Kier alpha value is -0.900. The molecule has 2 aliphatic rings. The van der Waals surface area contributed by atoms with Crippen LogP contribution >= 0.6 is 0 Å². The largest absolute Gasteiger partial charge is 0.378 e. The predicted octanol–water partition coefficient (Wildman–Crippen LogP) is 2.32. The molecule has 2 saturated heterocycles. The molecule has 0 saturated carbocycles. The van der Waals surface area contributed by atoms with E-state index in [2.05, 4.69) is 47.9 Å². The van der Waals surface area contributed by atoms with Crippen molar-refractivity contribution in [3.8, 4) is 0 Å². The van der Waals surface area contributed by atoms with Crippen LogP contribution < -0.4 is 10.6 Å². The van der Waals surface area contributed by atoms with Crippen LogP contribution in [-0.2, 0) is 10.2 Å². The molecule has 2 unspecified atom stereocenters. The number of benzene rings is 1. The number of nitrogens with one attached hydrogen (secondary N) is 2. The molecule has 116 valence electrons. The summed E-state index contributed by atoms with van der Waals surface area (Å²) in [7, 11) is 0. The summed E-state index contributed by atoms with van der Waals surface area (Å²) in [5.41, 5.74) is 1.80. The summed E-state index contributed by atoms with van der Waals surface area (Å²) in [5, 5.41) is 7.26. The van der Waals surface area contributed by atoms with Crippen LogP contribution in [0.15, 0.2) is 30.3 Å². The van der Waals surface area contributed by atoms with Gasteiger partial charge in [0, 0.05) is 25.1 Å². The minimum atomic E-state index is 0.301. The van der Waals surface area contributed by atoms with Crippen molar-refractivity contribution in [1.29, 1.82) is 0 Å². The van der Waals surface area contributed by atoms with Crippen LogP contribution in [0.25, 0.3) is 0 Å². The van der Waals surface area contributed by atoms with Crippen LogP contribution in [0.4, 0.5) is 0 Å². The highest BCUT2D eigenvalue weighted by Gasteiger charge is 2.34. The molecule has 2 atom stereocenters. The molecule has 0 aliphatic carbocycles. The Morgan fingerprint density at radius 2 is 2.00 bits per heavy atom. The van der Waals surface area contributed by atoms with E-state index in [9.17, 15) is 0 Å². The highest BCUT2D eigenvalue weighted by Crippen LogP contribution is 2.33. The molecule has 3 rings (SSSR count). The molecule has 1 aromatic rings. The van der Waals surface area contributed by atoms with Crippen LogP contribution in [0, 0.1) is 5.92 Å². The molecule has 2 fully saturated rings. The SMILES string of the molecule is CC1OCCC1CNCC1(c2ccccc2)CCNCC1. The average Bonchev–Trinajstić information content (AvgIpc) is 2.95. The molecule has 21 heavy (non-hydrogen) atoms. The number of ether oxygens (including phenoxy) is 1. The number of hydrogen-bond acceptors (Lipinski definition) is 3. The molecule has 0 amide bonds. The number of rotatable bonds is 5. The lowest BCUT2D eigenvalue weighted by molar-refractivity contribution is 0.105. The van der Waals surface area contributed by atoms with Gasteiger partial charge in [-0.25, -0.2) is 0 Å². The van der Waals surface area contributed by atoms with Gasteiger partial charge in [0.1, 0.15) is 0 Å². The van der Waals surface area contributed by atoms with Crippen molar-refractivity contribution in [2.24, 2.45) is 5.92 Å². The molecule has 1 aromatic carbocycles. The molecule has 2 heterocycles. The summed E-state index contributed by atoms with van der Waals surface area (Å²) >= 11 is 0.